The highest BCUT2D eigenvalue weighted by Crippen LogP contribution is 2.33. The predicted octanol–water partition coefficient (Wildman–Crippen LogP) is 3.26. The SMILES string of the molecule is COc1ccc(NC(=S)NN=C2C(=O)N(C)c3ccc(OC(F)(F)F)cc32)cc1. The minimum Gasteiger partial charge on any atom is -0.497 e. The van der Waals surface area contributed by atoms with Crippen molar-refractivity contribution in [1.82, 2.24) is 5.43 Å². The number of anilines is 2. The number of benzene rings is 2. The van der Waals surface area contributed by atoms with Gasteiger partial charge >= 0.3 is 6.36 Å². The number of hydrazone groups is 1. The van der Waals surface area contributed by atoms with Crippen LogP contribution in [-0.4, -0.2) is 37.3 Å². The van der Waals surface area contributed by atoms with Gasteiger partial charge in [-0.3, -0.25) is 10.2 Å². The topological polar surface area (TPSA) is 75.2 Å². The molecule has 2 aromatic rings. The number of rotatable bonds is 4. The number of carbonyl (C=O) groups is 1. The smallest absolute Gasteiger partial charge is 0.497 e. The molecule has 1 heterocycles. The van der Waals surface area contributed by atoms with Gasteiger partial charge in [0.1, 0.15) is 11.5 Å². The lowest BCUT2D eigenvalue weighted by Crippen LogP contribution is -2.30. The number of ether oxygens (including phenoxy) is 2. The Balaban J connectivity index is 1.77. The molecule has 3 rings (SSSR count). The van der Waals surface area contributed by atoms with E-state index in [1.54, 1.807) is 31.4 Å². The second-order valence-electron chi connectivity index (χ2n) is 5.85. The summed E-state index contributed by atoms with van der Waals surface area (Å²) in [6, 6.07) is 10.5. The molecule has 1 amide bonds. The molecule has 0 aromatic heterocycles. The number of nitrogens with one attached hydrogen (secondary N) is 2. The third kappa shape index (κ3) is 4.74. The van der Waals surface area contributed by atoms with E-state index in [0.717, 1.165) is 12.1 Å². The summed E-state index contributed by atoms with van der Waals surface area (Å²) in [4.78, 5) is 13.7. The van der Waals surface area contributed by atoms with Crippen molar-refractivity contribution in [2.75, 3.05) is 24.4 Å². The molecule has 0 spiro atoms. The zero-order chi connectivity index (χ0) is 21.2. The van der Waals surface area contributed by atoms with Gasteiger partial charge in [-0.15, -0.1) is 13.2 Å². The van der Waals surface area contributed by atoms with Crippen molar-refractivity contribution in [3.05, 3.63) is 48.0 Å². The molecule has 11 heteroatoms. The molecular weight excluding hydrogens is 409 g/mol. The Kier molecular flexibility index (Phi) is 5.59. The number of fused-ring (bicyclic) bond motifs is 1. The number of thiocarbonyl (C=S) groups is 1. The number of halogens is 3. The normalized spacial score (nSPS) is 14.6. The Morgan fingerprint density at radius 1 is 1.14 bits per heavy atom. The molecule has 0 aliphatic carbocycles. The summed E-state index contributed by atoms with van der Waals surface area (Å²) in [6.07, 6.45) is -4.85. The summed E-state index contributed by atoms with van der Waals surface area (Å²) < 4.78 is 46.4. The molecule has 2 N–H and O–H groups in total. The van der Waals surface area contributed by atoms with Crippen molar-refractivity contribution in [2.45, 2.75) is 6.36 Å². The fourth-order valence-corrected chi connectivity index (χ4v) is 2.79. The number of likely N-dealkylation sites (N-methyl/N-ethyl adjacent to an activating group) is 1. The average Bonchev–Trinajstić information content (AvgIpc) is 2.89. The first-order valence-electron chi connectivity index (χ1n) is 8.15. The molecule has 1 aliphatic heterocycles. The monoisotopic (exact) mass is 424 g/mol. The van der Waals surface area contributed by atoms with Gasteiger partial charge in [0.05, 0.1) is 12.8 Å². The first-order valence-corrected chi connectivity index (χ1v) is 8.56. The predicted molar refractivity (Wildman–Crippen MR) is 105 cm³/mol. The van der Waals surface area contributed by atoms with Crippen molar-refractivity contribution in [1.29, 1.82) is 0 Å². The van der Waals surface area contributed by atoms with Crippen LogP contribution in [0.4, 0.5) is 24.5 Å². The Morgan fingerprint density at radius 2 is 1.79 bits per heavy atom. The van der Waals surface area contributed by atoms with E-state index in [9.17, 15) is 18.0 Å². The second-order valence-corrected chi connectivity index (χ2v) is 6.25. The molecule has 152 valence electrons. The Hall–Kier alpha value is -3.34. The molecule has 0 atom stereocenters. The van der Waals surface area contributed by atoms with Crippen molar-refractivity contribution in [3.8, 4) is 11.5 Å². The number of hydrogen-bond acceptors (Lipinski definition) is 5. The van der Waals surface area contributed by atoms with E-state index in [1.807, 2.05) is 0 Å². The summed E-state index contributed by atoms with van der Waals surface area (Å²) in [7, 11) is 3.03. The molecule has 0 unspecified atom stereocenters. The van der Waals surface area contributed by atoms with Crippen LogP contribution in [0.3, 0.4) is 0 Å². The van der Waals surface area contributed by atoms with Gasteiger partial charge in [-0.05, 0) is 54.7 Å². The second kappa shape index (κ2) is 7.95. The van der Waals surface area contributed by atoms with Crippen LogP contribution in [0.1, 0.15) is 5.56 Å². The van der Waals surface area contributed by atoms with Crippen LogP contribution >= 0.6 is 12.2 Å². The van der Waals surface area contributed by atoms with E-state index in [-0.39, 0.29) is 16.4 Å². The van der Waals surface area contributed by atoms with Crippen LogP contribution in [0.5, 0.6) is 11.5 Å². The molecule has 29 heavy (non-hydrogen) atoms. The first-order chi connectivity index (χ1) is 13.7. The molecule has 2 aromatic carbocycles. The van der Waals surface area contributed by atoms with E-state index in [0.29, 0.717) is 17.1 Å². The van der Waals surface area contributed by atoms with Crippen LogP contribution in [-0.2, 0) is 4.79 Å². The fraction of sp³-hybridized carbons (Fsp3) is 0.167. The lowest BCUT2D eigenvalue weighted by molar-refractivity contribution is -0.274. The number of carbonyl (C=O) groups excluding carboxylic acids is 1. The fourth-order valence-electron chi connectivity index (χ4n) is 2.63. The molecule has 1 aliphatic rings. The van der Waals surface area contributed by atoms with Crippen molar-refractivity contribution in [2.24, 2.45) is 5.10 Å². The molecule has 7 nitrogen and oxygen atoms in total. The number of hydrogen-bond donors (Lipinski definition) is 2. The largest absolute Gasteiger partial charge is 0.573 e. The maximum Gasteiger partial charge on any atom is 0.573 e. The Labute approximate surface area is 169 Å². The Morgan fingerprint density at radius 3 is 2.41 bits per heavy atom. The lowest BCUT2D eigenvalue weighted by Gasteiger charge is -2.11. The minimum absolute atomic E-state index is 0.0889. The third-order valence-corrected chi connectivity index (χ3v) is 4.14. The summed E-state index contributed by atoms with van der Waals surface area (Å²) in [6.45, 7) is 0. The van der Waals surface area contributed by atoms with Gasteiger partial charge in [-0.1, -0.05) is 0 Å². The highest BCUT2D eigenvalue weighted by Gasteiger charge is 2.35. The number of nitrogens with zero attached hydrogens (tertiary/aromatic N) is 2. The first kappa shape index (κ1) is 20.4. The van der Waals surface area contributed by atoms with E-state index in [1.165, 1.54) is 18.0 Å². The zero-order valence-electron chi connectivity index (χ0n) is 15.2. The summed E-state index contributed by atoms with van der Waals surface area (Å²) in [5.41, 5.74) is 3.69. The summed E-state index contributed by atoms with van der Waals surface area (Å²) in [5.74, 6) is -0.280. The van der Waals surface area contributed by atoms with Crippen molar-refractivity contribution in [3.63, 3.8) is 0 Å². The third-order valence-electron chi connectivity index (χ3n) is 3.94. The van der Waals surface area contributed by atoms with E-state index < -0.39 is 18.0 Å². The number of alkyl halides is 3. The molecule has 0 fully saturated rings. The zero-order valence-corrected chi connectivity index (χ0v) is 16.0. The molecular formula is C18H15F3N4O3S. The molecule has 0 saturated heterocycles. The number of methoxy groups -OCH3 is 1. The lowest BCUT2D eigenvalue weighted by atomic mass is 10.1. The van der Waals surface area contributed by atoms with Gasteiger partial charge in [0.15, 0.2) is 10.8 Å². The summed E-state index contributed by atoms with van der Waals surface area (Å²) >= 11 is 5.14. The highest BCUT2D eigenvalue weighted by molar-refractivity contribution is 7.80. The quantitative estimate of drug-likeness (QED) is 0.580. The van der Waals surface area contributed by atoms with Crippen molar-refractivity contribution >= 4 is 40.3 Å². The Bertz CT molecular complexity index is 977. The van der Waals surface area contributed by atoms with Crippen LogP contribution < -0.4 is 25.1 Å². The minimum atomic E-state index is -4.85. The van der Waals surface area contributed by atoms with E-state index in [4.69, 9.17) is 17.0 Å². The van der Waals surface area contributed by atoms with Crippen LogP contribution in [0.25, 0.3) is 0 Å². The number of amides is 1. The van der Waals surface area contributed by atoms with Crippen LogP contribution in [0.2, 0.25) is 0 Å². The van der Waals surface area contributed by atoms with Gasteiger partial charge in [0, 0.05) is 18.3 Å². The summed E-state index contributed by atoms with van der Waals surface area (Å²) in [5, 5.41) is 6.93. The van der Waals surface area contributed by atoms with Crippen molar-refractivity contribution < 1.29 is 27.4 Å². The average molecular weight is 424 g/mol. The maximum atomic E-state index is 12.5. The van der Waals surface area contributed by atoms with E-state index in [2.05, 4.69) is 20.6 Å². The maximum absolute atomic E-state index is 12.5. The van der Waals surface area contributed by atoms with Gasteiger partial charge in [-0.25, -0.2) is 0 Å². The molecule has 0 radical (unpaired) electrons. The standard InChI is InChI=1S/C18H15F3N4O3S/c1-25-14-8-7-12(28-18(19,20)21)9-13(14)15(16(25)26)23-24-17(29)22-10-3-5-11(27-2)6-4-10/h3-9H,1-2H3,(H2,22,24,29). The highest BCUT2D eigenvalue weighted by atomic mass is 32.1. The van der Waals surface area contributed by atoms with Gasteiger partial charge in [0.2, 0.25) is 0 Å². The van der Waals surface area contributed by atoms with Crippen LogP contribution in [0, 0.1) is 0 Å². The van der Waals surface area contributed by atoms with Crippen LogP contribution in [0.15, 0.2) is 47.6 Å². The molecule has 0 bridgehead atoms. The van der Waals surface area contributed by atoms with Gasteiger partial charge in [-0.2, -0.15) is 5.10 Å². The van der Waals surface area contributed by atoms with Gasteiger partial charge in [0.25, 0.3) is 5.91 Å². The van der Waals surface area contributed by atoms with Gasteiger partial charge < -0.3 is 19.7 Å². The molecule has 0 saturated carbocycles. The van der Waals surface area contributed by atoms with E-state index >= 15 is 0 Å².